The number of thioether (sulfide) groups is 1. The van der Waals surface area contributed by atoms with Gasteiger partial charge in [0.1, 0.15) is 15.8 Å². The maximum Gasteiger partial charge on any atom is 0.266 e. The average Bonchev–Trinajstić information content (AvgIpc) is 3.09. The van der Waals surface area contributed by atoms with E-state index < -0.39 is 0 Å². The molecule has 0 bridgehead atoms. The Bertz CT molecular complexity index is 734. The fraction of sp³-hybridized carbons (Fsp3) is 0.176. The molecule has 1 aromatic carbocycles. The van der Waals surface area contributed by atoms with Crippen molar-refractivity contribution in [2.75, 3.05) is 6.54 Å². The van der Waals surface area contributed by atoms with Crippen LogP contribution in [-0.2, 0) is 4.79 Å². The summed E-state index contributed by atoms with van der Waals surface area (Å²) in [7, 11) is 0. The van der Waals surface area contributed by atoms with E-state index in [0.29, 0.717) is 21.5 Å². The molecule has 2 heterocycles. The number of rotatable bonds is 4. The zero-order chi connectivity index (χ0) is 15.5. The number of hydrogen-bond donors (Lipinski definition) is 0. The van der Waals surface area contributed by atoms with Crippen molar-refractivity contribution in [3.05, 3.63) is 53.1 Å². The molecule has 0 unspecified atom stereocenters. The van der Waals surface area contributed by atoms with Crippen LogP contribution in [-0.4, -0.2) is 21.7 Å². The number of carbonyl (C=O) groups excluding carboxylic acids is 1. The predicted octanol–water partition coefficient (Wildman–Crippen LogP) is 4.56. The normalized spacial score (nSPS) is 16.8. The molecule has 1 aliphatic heterocycles. The topological polar surface area (TPSA) is 33.5 Å². The third kappa shape index (κ3) is 3.00. The number of amides is 1. The molecule has 3 nitrogen and oxygen atoms in total. The molecule has 0 spiro atoms. The molecule has 0 saturated carbocycles. The predicted molar refractivity (Wildman–Crippen MR) is 94.3 cm³/mol. The lowest BCUT2D eigenvalue weighted by atomic mass is 10.2. The summed E-state index contributed by atoms with van der Waals surface area (Å²) in [5.74, 6) is 1.42. The summed E-state index contributed by atoms with van der Waals surface area (Å²) >= 11 is 6.59. The lowest BCUT2D eigenvalue weighted by Gasteiger charge is -2.11. The van der Waals surface area contributed by atoms with Crippen LogP contribution < -0.4 is 0 Å². The summed E-state index contributed by atoms with van der Waals surface area (Å²) in [4.78, 5) is 14.6. The van der Waals surface area contributed by atoms with Crippen molar-refractivity contribution in [2.24, 2.45) is 0 Å². The van der Waals surface area contributed by atoms with Gasteiger partial charge in [-0.1, -0.05) is 61.2 Å². The van der Waals surface area contributed by atoms with Crippen LogP contribution in [0.5, 0.6) is 0 Å². The maximum absolute atomic E-state index is 12.3. The molecule has 0 radical (unpaired) electrons. The monoisotopic (exact) mass is 329 g/mol. The van der Waals surface area contributed by atoms with E-state index in [2.05, 4.69) is 0 Å². The highest BCUT2D eigenvalue weighted by atomic mass is 32.2. The van der Waals surface area contributed by atoms with Crippen molar-refractivity contribution in [3.63, 3.8) is 0 Å². The first-order valence-corrected chi connectivity index (χ1v) is 8.32. The molecule has 0 aliphatic carbocycles. The number of hydrogen-bond acceptors (Lipinski definition) is 4. The molecule has 0 atom stereocenters. The average molecular weight is 329 g/mol. The Morgan fingerprint density at radius 3 is 2.73 bits per heavy atom. The zero-order valence-electron chi connectivity index (χ0n) is 12.1. The smallest absolute Gasteiger partial charge is 0.266 e. The molecule has 1 fully saturated rings. The summed E-state index contributed by atoms with van der Waals surface area (Å²) in [6.07, 6.45) is 2.65. The fourth-order valence-electron chi connectivity index (χ4n) is 2.23. The van der Waals surface area contributed by atoms with Gasteiger partial charge in [0, 0.05) is 18.2 Å². The van der Waals surface area contributed by atoms with Crippen LogP contribution in [0, 0.1) is 0 Å². The van der Waals surface area contributed by atoms with Gasteiger partial charge < -0.3 is 4.42 Å². The highest BCUT2D eigenvalue weighted by molar-refractivity contribution is 8.26. The Kier molecular flexibility index (Phi) is 4.45. The third-order valence-electron chi connectivity index (χ3n) is 3.28. The second-order valence-electron chi connectivity index (χ2n) is 4.90. The van der Waals surface area contributed by atoms with Gasteiger partial charge in [-0.3, -0.25) is 9.69 Å². The van der Waals surface area contributed by atoms with E-state index >= 15 is 0 Å². The van der Waals surface area contributed by atoms with Gasteiger partial charge >= 0.3 is 0 Å². The summed E-state index contributed by atoms with van der Waals surface area (Å²) in [5.41, 5.74) is 1.01. The van der Waals surface area contributed by atoms with Gasteiger partial charge in [0.25, 0.3) is 5.91 Å². The lowest BCUT2D eigenvalue weighted by molar-refractivity contribution is -0.122. The Morgan fingerprint density at radius 2 is 2.00 bits per heavy atom. The Hall–Kier alpha value is -1.85. The fourth-order valence-corrected chi connectivity index (χ4v) is 3.52. The molecule has 1 amide bonds. The van der Waals surface area contributed by atoms with E-state index in [9.17, 15) is 4.79 Å². The quantitative estimate of drug-likeness (QED) is 0.608. The molecule has 2 aromatic rings. The summed E-state index contributed by atoms with van der Waals surface area (Å²) in [5, 5.41) is 0. The van der Waals surface area contributed by atoms with Crippen LogP contribution >= 0.6 is 24.0 Å². The van der Waals surface area contributed by atoms with Gasteiger partial charge in [0.2, 0.25) is 0 Å². The molecule has 112 valence electrons. The van der Waals surface area contributed by atoms with E-state index in [1.165, 1.54) is 11.8 Å². The number of benzene rings is 1. The first-order valence-electron chi connectivity index (χ1n) is 7.09. The van der Waals surface area contributed by atoms with Gasteiger partial charge in [0.05, 0.1) is 4.91 Å². The van der Waals surface area contributed by atoms with Crippen LogP contribution in [0.2, 0.25) is 0 Å². The van der Waals surface area contributed by atoms with Crippen molar-refractivity contribution in [1.29, 1.82) is 0 Å². The standard InChI is InChI=1S/C17H15NO2S2/c1-2-10-18-16(19)15(22-17(18)21)11-13-8-9-14(20-13)12-6-4-3-5-7-12/h3-9,11H,2,10H2,1H3/b15-11+. The first kappa shape index (κ1) is 15.1. The Morgan fingerprint density at radius 1 is 1.23 bits per heavy atom. The SMILES string of the molecule is CCCN1C(=O)/C(=C\c2ccc(-c3ccccc3)o2)SC1=S. The van der Waals surface area contributed by atoms with Crippen molar-refractivity contribution < 1.29 is 9.21 Å². The van der Waals surface area contributed by atoms with E-state index in [4.69, 9.17) is 16.6 Å². The summed E-state index contributed by atoms with van der Waals surface area (Å²) < 4.78 is 6.43. The summed E-state index contributed by atoms with van der Waals surface area (Å²) in [6, 6.07) is 13.7. The highest BCUT2D eigenvalue weighted by Crippen LogP contribution is 2.33. The third-order valence-corrected chi connectivity index (χ3v) is 4.66. The lowest BCUT2D eigenvalue weighted by Crippen LogP contribution is -2.28. The van der Waals surface area contributed by atoms with Crippen LogP contribution in [0.1, 0.15) is 19.1 Å². The number of furan rings is 1. The number of nitrogens with zero attached hydrogens (tertiary/aromatic N) is 1. The van der Waals surface area contributed by atoms with Crippen LogP contribution in [0.4, 0.5) is 0 Å². The number of thiocarbonyl (C=S) groups is 1. The first-order chi connectivity index (χ1) is 10.7. The molecule has 3 rings (SSSR count). The second-order valence-corrected chi connectivity index (χ2v) is 6.58. The van der Waals surface area contributed by atoms with Gasteiger partial charge in [-0.15, -0.1) is 0 Å². The van der Waals surface area contributed by atoms with E-state index in [0.717, 1.165) is 17.7 Å². The molecule has 1 saturated heterocycles. The van der Waals surface area contributed by atoms with Crippen molar-refractivity contribution in [2.45, 2.75) is 13.3 Å². The largest absolute Gasteiger partial charge is 0.457 e. The molecule has 0 N–H and O–H groups in total. The number of carbonyl (C=O) groups is 1. The van der Waals surface area contributed by atoms with E-state index in [1.807, 2.05) is 49.4 Å². The van der Waals surface area contributed by atoms with E-state index in [-0.39, 0.29) is 5.91 Å². The van der Waals surface area contributed by atoms with Crippen molar-refractivity contribution >= 4 is 40.3 Å². The zero-order valence-corrected chi connectivity index (χ0v) is 13.7. The maximum atomic E-state index is 12.3. The van der Waals surface area contributed by atoms with Crippen molar-refractivity contribution in [1.82, 2.24) is 4.90 Å². The van der Waals surface area contributed by atoms with Crippen molar-refractivity contribution in [3.8, 4) is 11.3 Å². The molecule has 22 heavy (non-hydrogen) atoms. The van der Waals surface area contributed by atoms with Crippen LogP contribution in [0.15, 0.2) is 51.8 Å². The second kappa shape index (κ2) is 6.50. The van der Waals surface area contributed by atoms with E-state index in [1.54, 1.807) is 11.0 Å². The molecule has 5 heteroatoms. The highest BCUT2D eigenvalue weighted by Gasteiger charge is 2.31. The molecule has 1 aromatic heterocycles. The van der Waals surface area contributed by atoms with Gasteiger partial charge in [-0.2, -0.15) is 0 Å². The Balaban J connectivity index is 1.83. The minimum atomic E-state index is -0.0329. The molecular weight excluding hydrogens is 314 g/mol. The van der Waals surface area contributed by atoms with Gasteiger partial charge in [-0.25, -0.2) is 0 Å². The van der Waals surface area contributed by atoms with Crippen LogP contribution in [0.25, 0.3) is 17.4 Å². The Labute approximate surface area is 139 Å². The molecule has 1 aliphatic rings. The molecular formula is C17H15NO2S2. The minimum absolute atomic E-state index is 0.0329. The minimum Gasteiger partial charge on any atom is -0.457 e. The van der Waals surface area contributed by atoms with Gasteiger partial charge in [0.15, 0.2) is 0 Å². The summed E-state index contributed by atoms with van der Waals surface area (Å²) in [6.45, 7) is 2.69. The van der Waals surface area contributed by atoms with Gasteiger partial charge in [-0.05, 0) is 18.6 Å². The van der Waals surface area contributed by atoms with Crippen LogP contribution in [0.3, 0.4) is 0 Å².